The topological polar surface area (TPSA) is 58.6 Å². The Hall–Kier alpha value is -1.26. The molecule has 1 fully saturated rings. The molecule has 0 radical (unpaired) electrons. The molecule has 0 aromatic carbocycles. The fraction of sp³-hybridized carbons (Fsp3) is 0.846. The van der Waals surface area contributed by atoms with Gasteiger partial charge < -0.3 is 15.0 Å². The summed E-state index contributed by atoms with van der Waals surface area (Å²) in [6.07, 6.45) is 3.93. The molecule has 1 rings (SSSR count). The van der Waals surface area contributed by atoms with E-state index < -0.39 is 0 Å². The Morgan fingerprint density at radius 2 is 1.94 bits per heavy atom. The summed E-state index contributed by atoms with van der Waals surface area (Å²) in [5.74, 6) is 0.242. The van der Waals surface area contributed by atoms with Gasteiger partial charge in [-0.1, -0.05) is 13.3 Å². The number of carbonyl (C=O) groups excluding carboxylic acids is 2. The van der Waals surface area contributed by atoms with Crippen LogP contribution in [0.5, 0.6) is 0 Å². The Morgan fingerprint density at radius 3 is 2.50 bits per heavy atom. The van der Waals surface area contributed by atoms with E-state index >= 15 is 0 Å². The summed E-state index contributed by atoms with van der Waals surface area (Å²) in [6, 6.07) is 0.138. The van der Waals surface area contributed by atoms with Crippen molar-refractivity contribution in [3.05, 3.63) is 0 Å². The van der Waals surface area contributed by atoms with Gasteiger partial charge in [0, 0.05) is 25.6 Å². The smallest absolute Gasteiger partial charge is 0.407 e. The number of nitrogens with zero attached hydrogens (tertiary/aromatic N) is 1. The van der Waals surface area contributed by atoms with Gasteiger partial charge in [-0.05, 0) is 26.2 Å². The van der Waals surface area contributed by atoms with Gasteiger partial charge in [-0.2, -0.15) is 0 Å². The van der Waals surface area contributed by atoms with Crippen LogP contribution >= 0.6 is 0 Å². The van der Waals surface area contributed by atoms with Gasteiger partial charge >= 0.3 is 6.09 Å². The first-order valence-electron chi connectivity index (χ1n) is 6.88. The number of ether oxygens (including phenoxy) is 1. The number of nitrogens with one attached hydrogen (secondary N) is 1. The third kappa shape index (κ3) is 4.94. The number of likely N-dealkylation sites (tertiary alicyclic amines) is 1. The molecule has 0 aliphatic carbocycles. The molecule has 1 aliphatic heterocycles. The normalized spacial score (nSPS) is 16.4. The van der Waals surface area contributed by atoms with Crippen LogP contribution in [0.3, 0.4) is 0 Å². The van der Waals surface area contributed by atoms with E-state index in [1.54, 1.807) is 6.92 Å². The zero-order valence-electron chi connectivity index (χ0n) is 11.4. The van der Waals surface area contributed by atoms with Gasteiger partial charge in [0.15, 0.2) is 0 Å². The van der Waals surface area contributed by atoms with Crippen molar-refractivity contribution < 1.29 is 14.3 Å². The molecule has 0 bridgehead atoms. The third-order valence-electron chi connectivity index (χ3n) is 3.19. The molecule has 1 aliphatic rings. The molecule has 18 heavy (non-hydrogen) atoms. The maximum absolute atomic E-state index is 11.8. The van der Waals surface area contributed by atoms with Crippen LogP contribution in [0.1, 0.15) is 46.0 Å². The first-order chi connectivity index (χ1) is 8.67. The molecule has 5 nitrogen and oxygen atoms in total. The van der Waals surface area contributed by atoms with Gasteiger partial charge in [-0.3, -0.25) is 4.79 Å². The van der Waals surface area contributed by atoms with E-state index in [1.165, 1.54) is 0 Å². The SMILES string of the molecule is CCCCC(=O)N1CCC(NC(=O)OCC)CC1. The van der Waals surface area contributed by atoms with Crippen molar-refractivity contribution in [1.82, 2.24) is 10.2 Å². The minimum absolute atomic E-state index is 0.138. The largest absolute Gasteiger partial charge is 0.450 e. The predicted octanol–water partition coefficient (Wildman–Crippen LogP) is 1.91. The average Bonchev–Trinajstić information content (AvgIpc) is 2.37. The van der Waals surface area contributed by atoms with Crippen LogP contribution in [-0.4, -0.2) is 42.6 Å². The number of hydrogen-bond acceptors (Lipinski definition) is 3. The van der Waals surface area contributed by atoms with Gasteiger partial charge in [-0.15, -0.1) is 0 Å². The molecule has 1 saturated heterocycles. The highest BCUT2D eigenvalue weighted by Gasteiger charge is 2.23. The Kier molecular flexibility index (Phi) is 6.54. The van der Waals surface area contributed by atoms with Crippen LogP contribution < -0.4 is 5.32 Å². The van der Waals surface area contributed by atoms with Crippen molar-refractivity contribution in [2.75, 3.05) is 19.7 Å². The lowest BCUT2D eigenvalue weighted by molar-refractivity contribution is -0.132. The van der Waals surface area contributed by atoms with Crippen molar-refractivity contribution in [2.24, 2.45) is 0 Å². The molecule has 0 spiro atoms. The molecule has 2 amide bonds. The molecule has 1 N–H and O–H groups in total. The number of amides is 2. The highest BCUT2D eigenvalue weighted by atomic mass is 16.5. The Balaban J connectivity index is 2.23. The van der Waals surface area contributed by atoms with Crippen LogP contribution in [0.25, 0.3) is 0 Å². The monoisotopic (exact) mass is 256 g/mol. The van der Waals surface area contributed by atoms with Gasteiger partial charge in [0.1, 0.15) is 0 Å². The maximum atomic E-state index is 11.8. The van der Waals surface area contributed by atoms with Crippen LogP contribution in [0.2, 0.25) is 0 Å². The number of unbranched alkanes of at least 4 members (excludes halogenated alkanes) is 1. The van der Waals surface area contributed by atoms with Gasteiger partial charge in [0.25, 0.3) is 0 Å². The summed E-state index contributed by atoms with van der Waals surface area (Å²) in [5, 5.41) is 2.82. The van der Waals surface area contributed by atoms with Crippen molar-refractivity contribution in [3.63, 3.8) is 0 Å². The van der Waals surface area contributed by atoms with Crippen LogP contribution in [0.15, 0.2) is 0 Å². The van der Waals surface area contributed by atoms with Crippen molar-refractivity contribution in [3.8, 4) is 0 Å². The Morgan fingerprint density at radius 1 is 1.28 bits per heavy atom. The first kappa shape index (κ1) is 14.8. The maximum Gasteiger partial charge on any atom is 0.407 e. The van der Waals surface area contributed by atoms with E-state index in [9.17, 15) is 9.59 Å². The quantitative estimate of drug-likeness (QED) is 0.817. The molecular weight excluding hydrogens is 232 g/mol. The van der Waals surface area contributed by atoms with Crippen molar-refractivity contribution >= 4 is 12.0 Å². The minimum Gasteiger partial charge on any atom is -0.450 e. The van der Waals surface area contributed by atoms with Crippen LogP contribution in [0, 0.1) is 0 Å². The highest BCUT2D eigenvalue weighted by molar-refractivity contribution is 5.76. The van der Waals surface area contributed by atoms with Crippen molar-refractivity contribution in [1.29, 1.82) is 0 Å². The summed E-state index contributed by atoms with van der Waals surface area (Å²) in [5.41, 5.74) is 0. The Bertz CT molecular complexity index is 273. The van der Waals surface area contributed by atoms with Gasteiger partial charge in [0.05, 0.1) is 6.61 Å². The van der Waals surface area contributed by atoms with Gasteiger partial charge in [-0.25, -0.2) is 4.79 Å². The fourth-order valence-corrected chi connectivity index (χ4v) is 2.10. The lowest BCUT2D eigenvalue weighted by atomic mass is 10.0. The number of alkyl carbamates (subject to hydrolysis) is 1. The van der Waals surface area contributed by atoms with E-state index in [1.807, 2.05) is 4.90 Å². The summed E-state index contributed by atoms with van der Waals surface area (Å²) < 4.78 is 4.84. The molecular formula is C13H24N2O3. The zero-order chi connectivity index (χ0) is 13.4. The van der Waals surface area contributed by atoms with Gasteiger partial charge in [0.2, 0.25) is 5.91 Å². The van der Waals surface area contributed by atoms with Crippen molar-refractivity contribution in [2.45, 2.75) is 52.0 Å². The molecule has 0 unspecified atom stereocenters. The van der Waals surface area contributed by atoms with E-state index in [2.05, 4.69) is 12.2 Å². The molecule has 0 aromatic heterocycles. The average molecular weight is 256 g/mol. The standard InChI is InChI=1S/C13H24N2O3/c1-3-5-6-12(16)15-9-7-11(8-10-15)14-13(17)18-4-2/h11H,3-10H2,1-2H3,(H,14,17). The second-order valence-corrected chi connectivity index (χ2v) is 4.62. The molecule has 5 heteroatoms. The van der Waals surface area contributed by atoms with E-state index in [0.717, 1.165) is 38.8 Å². The molecule has 104 valence electrons. The fourth-order valence-electron chi connectivity index (χ4n) is 2.10. The lowest BCUT2D eigenvalue weighted by Gasteiger charge is -2.32. The summed E-state index contributed by atoms with van der Waals surface area (Å²) in [6.45, 7) is 5.73. The predicted molar refractivity (Wildman–Crippen MR) is 69.3 cm³/mol. The Labute approximate surface area is 109 Å². The van der Waals surface area contributed by atoms with Crippen LogP contribution in [-0.2, 0) is 9.53 Å². The molecule has 0 aromatic rings. The second kappa shape index (κ2) is 7.95. The third-order valence-corrected chi connectivity index (χ3v) is 3.19. The van der Waals surface area contributed by atoms with E-state index in [4.69, 9.17) is 4.74 Å². The first-order valence-corrected chi connectivity index (χ1v) is 6.88. The second-order valence-electron chi connectivity index (χ2n) is 4.62. The number of rotatable bonds is 5. The summed E-state index contributed by atoms with van der Waals surface area (Å²) in [7, 11) is 0. The molecule has 0 saturated carbocycles. The highest BCUT2D eigenvalue weighted by Crippen LogP contribution is 2.12. The van der Waals surface area contributed by atoms with E-state index in [0.29, 0.717) is 13.0 Å². The van der Waals surface area contributed by atoms with E-state index in [-0.39, 0.29) is 18.0 Å². The molecule has 0 atom stereocenters. The zero-order valence-corrected chi connectivity index (χ0v) is 11.4. The molecule has 1 heterocycles. The summed E-state index contributed by atoms with van der Waals surface area (Å²) >= 11 is 0. The summed E-state index contributed by atoms with van der Waals surface area (Å²) in [4.78, 5) is 25.0. The van der Waals surface area contributed by atoms with Crippen LogP contribution in [0.4, 0.5) is 4.79 Å². The number of hydrogen-bond donors (Lipinski definition) is 1. The number of piperidine rings is 1. The number of carbonyl (C=O) groups is 2. The lowest BCUT2D eigenvalue weighted by Crippen LogP contribution is -2.46. The minimum atomic E-state index is -0.353.